The summed E-state index contributed by atoms with van der Waals surface area (Å²) in [7, 11) is 0. The van der Waals surface area contributed by atoms with Crippen molar-refractivity contribution >= 4 is 16.9 Å². The lowest BCUT2D eigenvalue weighted by atomic mass is 10.1. The van der Waals surface area contributed by atoms with Crippen LogP contribution in [0.15, 0.2) is 36.5 Å². The maximum Gasteiger partial charge on any atom is 0.254 e. The van der Waals surface area contributed by atoms with Gasteiger partial charge in [0.05, 0.1) is 17.1 Å². The minimum absolute atomic E-state index is 0.00363. The van der Waals surface area contributed by atoms with Gasteiger partial charge in [-0.25, -0.2) is 14.1 Å². The number of likely N-dealkylation sites (tertiary alicyclic amines) is 1. The van der Waals surface area contributed by atoms with Gasteiger partial charge in [0.15, 0.2) is 5.65 Å². The summed E-state index contributed by atoms with van der Waals surface area (Å²) in [5.74, 6) is -0.380. The van der Waals surface area contributed by atoms with Crippen molar-refractivity contribution in [1.82, 2.24) is 19.7 Å². The van der Waals surface area contributed by atoms with Gasteiger partial charge in [-0.15, -0.1) is 0 Å². The quantitative estimate of drug-likeness (QED) is 0.728. The van der Waals surface area contributed by atoms with Crippen LogP contribution < -0.4 is 0 Å². The Hall–Kier alpha value is -2.76. The Kier molecular flexibility index (Phi) is 3.52. The zero-order valence-electron chi connectivity index (χ0n) is 13.4. The van der Waals surface area contributed by atoms with Gasteiger partial charge in [-0.1, -0.05) is 12.1 Å². The molecule has 3 heterocycles. The molecule has 122 valence electrons. The largest absolute Gasteiger partial charge is 0.339 e. The summed E-state index contributed by atoms with van der Waals surface area (Å²) in [6.45, 7) is 3.39. The Bertz CT molecular complexity index is 928. The van der Waals surface area contributed by atoms with Crippen LogP contribution in [0.2, 0.25) is 0 Å². The number of carbonyl (C=O) groups excluding carboxylic acids is 1. The molecule has 1 aliphatic heterocycles. The van der Waals surface area contributed by atoms with Crippen molar-refractivity contribution in [3.05, 3.63) is 53.6 Å². The third-order valence-corrected chi connectivity index (χ3v) is 4.37. The maximum atomic E-state index is 14.1. The molecule has 4 rings (SSSR count). The topological polar surface area (TPSA) is 51.0 Å². The fraction of sp³-hybridized carbons (Fsp3) is 0.278. The summed E-state index contributed by atoms with van der Waals surface area (Å²) in [6.07, 6.45) is 3.67. The van der Waals surface area contributed by atoms with Crippen molar-refractivity contribution in [2.75, 3.05) is 13.1 Å². The molecule has 0 radical (unpaired) electrons. The van der Waals surface area contributed by atoms with Gasteiger partial charge in [0.1, 0.15) is 11.5 Å². The van der Waals surface area contributed by atoms with Crippen LogP contribution in [0.4, 0.5) is 4.39 Å². The standard InChI is InChI=1S/C18H17FN4O/c1-12-10-13(18(24)22-8-4-5-9-22)14-11-20-23(17(14)21-12)16-7-3-2-6-15(16)19/h2-3,6-7,10-11H,4-5,8-9H2,1H3. The second-order valence-corrected chi connectivity index (χ2v) is 6.06. The van der Waals surface area contributed by atoms with E-state index >= 15 is 0 Å². The van der Waals surface area contributed by atoms with Crippen LogP contribution >= 0.6 is 0 Å². The van der Waals surface area contributed by atoms with E-state index in [1.807, 2.05) is 11.8 Å². The van der Waals surface area contributed by atoms with Gasteiger partial charge in [-0.3, -0.25) is 4.79 Å². The third kappa shape index (κ3) is 2.35. The molecule has 0 aliphatic carbocycles. The van der Waals surface area contributed by atoms with E-state index in [9.17, 15) is 9.18 Å². The van der Waals surface area contributed by atoms with E-state index in [0.717, 1.165) is 25.9 Å². The van der Waals surface area contributed by atoms with E-state index < -0.39 is 0 Å². The Labute approximate surface area is 138 Å². The van der Waals surface area contributed by atoms with Gasteiger partial charge < -0.3 is 4.90 Å². The van der Waals surface area contributed by atoms with Gasteiger partial charge in [0, 0.05) is 18.8 Å². The molecule has 0 saturated carbocycles. The molecule has 24 heavy (non-hydrogen) atoms. The second-order valence-electron chi connectivity index (χ2n) is 6.06. The smallest absolute Gasteiger partial charge is 0.254 e. The molecule has 1 saturated heterocycles. The van der Waals surface area contributed by atoms with Gasteiger partial charge in [0.2, 0.25) is 0 Å². The van der Waals surface area contributed by atoms with Crippen molar-refractivity contribution in [2.45, 2.75) is 19.8 Å². The maximum absolute atomic E-state index is 14.1. The van der Waals surface area contributed by atoms with Crippen LogP contribution in [-0.4, -0.2) is 38.7 Å². The normalized spacial score (nSPS) is 14.5. The van der Waals surface area contributed by atoms with Crippen LogP contribution in [0.3, 0.4) is 0 Å². The molecule has 0 bridgehead atoms. The fourth-order valence-electron chi connectivity index (χ4n) is 3.19. The number of fused-ring (bicyclic) bond motifs is 1. The number of amides is 1. The summed E-state index contributed by atoms with van der Waals surface area (Å²) < 4.78 is 15.6. The number of pyridine rings is 1. The van der Waals surface area contributed by atoms with Gasteiger partial charge in [-0.2, -0.15) is 5.10 Å². The number of aromatic nitrogens is 3. The molecular weight excluding hydrogens is 307 g/mol. The number of hydrogen-bond donors (Lipinski definition) is 0. The number of carbonyl (C=O) groups is 1. The molecule has 1 aliphatic rings. The molecule has 1 aromatic carbocycles. The molecular formula is C18H17FN4O. The zero-order chi connectivity index (χ0) is 16.7. The van der Waals surface area contributed by atoms with Gasteiger partial charge in [-0.05, 0) is 38.0 Å². The summed E-state index contributed by atoms with van der Waals surface area (Å²) in [5.41, 5.74) is 2.12. The molecule has 1 fully saturated rings. The SMILES string of the molecule is Cc1cc(C(=O)N2CCCC2)c2cnn(-c3ccccc3F)c2n1. The first-order valence-electron chi connectivity index (χ1n) is 8.05. The predicted molar refractivity (Wildman–Crippen MR) is 88.7 cm³/mol. The molecule has 0 unspecified atom stereocenters. The highest BCUT2D eigenvalue weighted by Crippen LogP contribution is 2.24. The van der Waals surface area contributed by atoms with E-state index in [4.69, 9.17) is 0 Å². The fourth-order valence-corrected chi connectivity index (χ4v) is 3.19. The molecule has 1 amide bonds. The Morgan fingerprint density at radius 1 is 1.21 bits per heavy atom. The van der Waals surface area contributed by atoms with E-state index in [0.29, 0.717) is 28.0 Å². The first-order valence-corrected chi connectivity index (χ1v) is 8.05. The third-order valence-electron chi connectivity index (χ3n) is 4.37. The number of rotatable bonds is 2. The predicted octanol–water partition coefficient (Wildman–Crippen LogP) is 3.10. The first-order chi connectivity index (χ1) is 11.6. The van der Waals surface area contributed by atoms with Crippen LogP contribution in [-0.2, 0) is 0 Å². The Balaban J connectivity index is 1.89. The van der Waals surface area contributed by atoms with Crippen molar-refractivity contribution in [3.63, 3.8) is 0 Å². The lowest BCUT2D eigenvalue weighted by molar-refractivity contribution is 0.0794. The monoisotopic (exact) mass is 324 g/mol. The summed E-state index contributed by atoms with van der Waals surface area (Å²) in [4.78, 5) is 19.2. The van der Waals surface area contributed by atoms with Crippen molar-refractivity contribution in [3.8, 4) is 5.69 Å². The molecule has 0 spiro atoms. The average molecular weight is 324 g/mol. The highest BCUT2D eigenvalue weighted by atomic mass is 19.1. The van der Waals surface area contributed by atoms with Gasteiger partial charge in [0.25, 0.3) is 5.91 Å². The van der Waals surface area contributed by atoms with E-state index in [1.54, 1.807) is 30.5 Å². The Morgan fingerprint density at radius 3 is 2.71 bits per heavy atom. The molecule has 6 heteroatoms. The minimum Gasteiger partial charge on any atom is -0.339 e. The molecule has 0 atom stereocenters. The molecule has 2 aromatic heterocycles. The van der Waals surface area contributed by atoms with Crippen LogP contribution in [0, 0.1) is 12.7 Å². The highest BCUT2D eigenvalue weighted by molar-refractivity contribution is 6.05. The van der Waals surface area contributed by atoms with Crippen molar-refractivity contribution in [1.29, 1.82) is 0 Å². The summed E-state index contributed by atoms with van der Waals surface area (Å²) >= 11 is 0. The zero-order valence-corrected chi connectivity index (χ0v) is 13.4. The number of aryl methyl sites for hydroxylation is 1. The van der Waals surface area contributed by atoms with Crippen molar-refractivity contribution in [2.24, 2.45) is 0 Å². The number of para-hydroxylation sites is 1. The summed E-state index contributed by atoms with van der Waals surface area (Å²) in [5, 5.41) is 4.93. The number of hydrogen-bond acceptors (Lipinski definition) is 3. The number of halogens is 1. The van der Waals surface area contributed by atoms with Crippen LogP contribution in [0.1, 0.15) is 28.9 Å². The number of benzene rings is 1. The van der Waals surface area contributed by atoms with E-state index in [1.165, 1.54) is 10.7 Å². The van der Waals surface area contributed by atoms with Crippen LogP contribution in [0.5, 0.6) is 0 Å². The molecule has 3 aromatic rings. The van der Waals surface area contributed by atoms with E-state index in [-0.39, 0.29) is 11.7 Å². The number of nitrogens with zero attached hydrogens (tertiary/aromatic N) is 4. The highest BCUT2D eigenvalue weighted by Gasteiger charge is 2.23. The van der Waals surface area contributed by atoms with Gasteiger partial charge >= 0.3 is 0 Å². The van der Waals surface area contributed by atoms with Crippen molar-refractivity contribution < 1.29 is 9.18 Å². The molecule has 0 N–H and O–H groups in total. The Morgan fingerprint density at radius 2 is 1.96 bits per heavy atom. The lowest BCUT2D eigenvalue weighted by Crippen LogP contribution is -2.27. The average Bonchev–Trinajstić information content (AvgIpc) is 3.23. The molecule has 5 nitrogen and oxygen atoms in total. The second kappa shape index (κ2) is 5.70. The lowest BCUT2D eigenvalue weighted by Gasteiger charge is -2.16. The van der Waals surface area contributed by atoms with E-state index in [2.05, 4.69) is 10.1 Å². The summed E-state index contributed by atoms with van der Waals surface area (Å²) in [6, 6.07) is 8.20. The minimum atomic E-state index is -0.377. The van der Waals surface area contributed by atoms with Crippen LogP contribution in [0.25, 0.3) is 16.7 Å². The first kappa shape index (κ1) is 14.8.